The lowest BCUT2D eigenvalue weighted by molar-refractivity contribution is -0.0533. The molecule has 14 saturated carbocycles. The number of rotatable bonds is 15. The summed E-state index contributed by atoms with van der Waals surface area (Å²) in [7, 11) is 0. The Labute approximate surface area is 521 Å². The Morgan fingerprint density at radius 3 is 0.560 bits per heavy atom. The zero-order valence-electron chi connectivity index (χ0n) is 55.5. The van der Waals surface area contributed by atoms with Gasteiger partial charge in [0.15, 0.2) is 0 Å². The smallest absolute Gasteiger partial charge is 0.0132 e. The zero-order valence-corrected chi connectivity index (χ0v) is 55.5. The largest absolute Gasteiger partial charge is 0.294 e. The van der Waals surface area contributed by atoms with Crippen molar-refractivity contribution in [2.45, 2.75) is 445 Å². The molecule has 0 N–H and O–H groups in total. The molecule has 6 atom stereocenters. The highest BCUT2D eigenvalue weighted by atomic mass is 15.2. The van der Waals surface area contributed by atoms with Crippen molar-refractivity contribution in [1.82, 2.24) is 19.6 Å². The molecule has 0 aromatic rings. The maximum Gasteiger partial charge on any atom is 0.0132 e. The second kappa shape index (κ2) is 30.1. The van der Waals surface area contributed by atoms with Crippen LogP contribution in [0, 0.1) is 59.2 Å². The fraction of sp³-hybridized carbons (Fsp3) is 1.00. The van der Waals surface area contributed by atoms with Crippen LogP contribution in [0.5, 0.6) is 0 Å². The molecule has 0 heterocycles. The summed E-state index contributed by atoms with van der Waals surface area (Å²) in [5.74, 6) is 10.4. The molecule has 0 aliphatic heterocycles. The molecule has 14 aliphatic rings. The molecule has 0 aromatic carbocycles. The molecule has 4 nitrogen and oxygen atoms in total. The van der Waals surface area contributed by atoms with Gasteiger partial charge in [0.2, 0.25) is 0 Å². The van der Waals surface area contributed by atoms with Crippen molar-refractivity contribution in [2.75, 3.05) is 0 Å². The highest BCUT2D eigenvalue weighted by molar-refractivity contribution is 5.03. The molecule has 0 radical (unpaired) electrons. The van der Waals surface area contributed by atoms with Crippen LogP contribution in [0.1, 0.15) is 372 Å². The van der Waals surface area contributed by atoms with Crippen molar-refractivity contribution < 1.29 is 0 Å². The monoisotopic (exact) mass is 1160 g/mol. The van der Waals surface area contributed by atoms with Crippen LogP contribution in [0.3, 0.4) is 0 Å². The summed E-state index contributed by atoms with van der Waals surface area (Å²) < 4.78 is 0. The minimum atomic E-state index is 0.902. The Bertz CT molecular complexity index is 1700. The SMILES string of the molecule is C1CCC(N(C2CCCCC2)C2CCC(C3CCC(N(C4CCC(C5CCC(N(C6CCC(C7CCC(N(C8CCCCC8)C8CCCCC8)CC7)CC6)C6CCCC7CCCCC76)CC5)CC4)C4CCCC5CCCCC54)CC3)CC2)CC1. The Morgan fingerprint density at radius 1 is 0.119 bits per heavy atom. The van der Waals surface area contributed by atoms with Gasteiger partial charge in [-0.2, -0.15) is 0 Å². The lowest BCUT2D eigenvalue weighted by Gasteiger charge is -2.55. The first kappa shape index (κ1) is 61.4. The Hall–Kier alpha value is -0.160. The molecule has 0 amide bonds. The minimum Gasteiger partial charge on any atom is -0.294 e. The molecule has 0 bridgehead atoms. The van der Waals surface area contributed by atoms with Crippen LogP contribution in [0.4, 0.5) is 0 Å². The summed E-state index contributed by atoms with van der Waals surface area (Å²) in [6.45, 7) is 0. The van der Waals surface area contributed by atoms with Crippen molar-refractivity contribution in [3.05, 3.63) is 0 Å². The van der Waals surface area contributed by atoms with Crippen LogP contribution >= 0.6 is 0 Å². The van der Waals surface area contributed by atoms with Crippen molar-refractivity contribution in [3.8, 4) is 0 Å². The normalized spacial score (nSPS) is 43.6. The average Bonchev–Trinajstić information content (AvgIpc) is 2.80. The lowest BCUT2D eigenvalue weighted by Crippen LogP contribution is -2.57. The number of nitrogens with zero attached hydrogens (tertiary/aromatic N) is 4. The fourth-order valence-electron chi connectivity index (χ4n) is 26.8. The van der Waals surface area contributed by atoms with Crippen LogP contribution in [0.25, 0.3) is 0 Å². The van der Waals surface area contributed by atoms with E-state index < -0.39 is 0 Å². The van der Waals surface area contributed by atoms with Gasteiger partial charge in [0, 0.05) is 72.5 Å². The molecular formula is C80H138N4. The number of hydrogen-bond donors (Lipinski definition) is 0. The average molecular weight is 1160 g/mol. The predicted octanol–water partition coefficient (Wildman–Crippen LogP) is 21.6. The summed E-state index contributed by atoms with van der Waals surface area (Å²) in [4.78, 5) is 13.4. The van der Waals surface area contributed by atoms with E-state index in [1.54, 1.807) is 218 Å². The highest BCUT2D eigenvalue weighted by Gasteiger charge is 2.49. The van der Waals surface area contributed by atoms with Gasteiger partial charge in [-0.15, -0.1) is 0 Å². The minimum absolute atomic E-state index is 0.902. The summed E-state index contributed by atoms with van der Waals surface area (Å²) in [5.41, 5.74) is 0. The fourth-order valence-corrected chi connectivity index (χ4v) is 26.8. The van der Waals surface area contributed by atoms with Crippen LogP contribution in [-0.4, -0.2) is 92.1 Å². The van der Waals surface area contributed by atoms with E-state index in [9.17, 15) is 0 Å². The number of hydrogen-bond acceptors (Lipinski definition) is 4. The first-order chi connectivity index (χ1) is 41.7. The van der Waals surface area contributed by atoms with E-state index in [4.69, 9.17) is 0 Å². The Balaban J connectivity index is 0.586. The van der Waals surface area contributed by atoms with Crippen molar-refractivity contribution in [1.29, 1.82) is 0 Å². The van der Waals surface area contributed by atoms with Gasteiger partial charge < -0.3 is 0 Å². The highest BCUT2D eigenvalue weighted by Crippen LogP contribution is 2.53. The Kier molecular flexibility index (Phi) is 22.0. The molecule has 14 rings (SSSR count). The van der Waals surface area contributed by atoms with Gasteiger partial charge in [-0.05, 0) is 290 Å². The summed E-state index contributed by atoms with van der Waals surface area (Å²) in [6, 6.07) is 11.0. The van der Waals surface area contributed by atoms with Gasteiger partial charge in [0.25, 0.3) is 0 Å². The molecule has 4 heteroatoms. The van der Waals surface area contributed by atoms with E-state index in [2.05, 4.69) is 19.6 Å². The maximum atomic E-state index is 3.46. The third kappa shape index (κ3) is 14.2. The van der Waals surface area contributed by atoms with Crippen molar-refractivity contribution >= 4 is 0 Å². The Morgan fingerprint density at radius 2 is 0.310 bits per heavy atom. The van der Waals surface area contributed by atoms with Crippen molar-refractivity contribution in [2.24, 2.45) is 59.2 Å². The molecule has 0 saturated heterocycles. The van der Waals surface area contributed by atoms with E-state index >= 15 is 0 Å². The third-order valence-electron chi connectivity index (χ3n) is 30.8. The van der Waals surface area contributed by atoms with Gasteiger partial charge in [-0.1, -0.05) is 141 Å². The van der Waals surface area contributed by atoms with Gasteiger partial charge in [0.1, 0.15) is 0 Å². The first-order valence-corrected chi connectivity index (χ1v) is 40.8. The lowest BCUT2D eigenvalue weighted by atomic mass is 9.65. The van der Waals surface area contributed by atoms with Gasteiger partial charge in [-0.3, -0.25) is 19.6 Å². The second-order valence-corrected chi connectivity index (χ2v) is 34.8. The molecule has 478 valence electrons. The molecule has 84 heavy (non-hydrogen) atoms. The van der Waals surface area contributed by atoms with E-state index in [-0.39, 0.29) is 0 Å². The van der Waals surface area contributed by atoms with Gasteiger partial charge in [-0.25, -0.2) is 0 Å². The molecule has 14 fully saturated rings. The quantitative estimate of drug-likeness (QED) is 0.162. The van der Waals surface area contributed by atoms with Gasteiger partial charge in [0.05, 0.1) is 0 Å². The van der Waals surface area contributed by atoms with Crippen molar-refractivity contribution in [3.63, 3.8) is 0 Å². The van der Waals surface area contributed by atoms with Crippen LogP contribution in [0.2, 0.25) is 0 Å². The molecule has 14 aliphatic carbocycles. The van der Waals surface area contributed by atoms with E-state index in [0.29, 0.717) is 0 Å². The summed E-state index contributed by atoms with van der Waals surface area (Å²) >= 11 is 0. The summed E-state index contributed by atoms with van der Waals surface area (Å²) in [6.07, 6.45) is 89.5. The molecule has 6 unspecified atom stereocenters. The maximum absolute atomic E-state index is 3.46. The topological polar surface area (TPSA) is 13.0 Å². The standard InChI is InChI=1S/C80H138N4/c1-5-23-67(24-6-1)81(68-25-7-2-8-26-68)71-47-35-59(36-48-71)61-39-51-73(52-40-61)83(79-33-17-21-65-19-13-15-31-77(65)79)75-55-43-63(44-56-75)64-45-57-76(58-46-64)84(80-34-18-22-66-20-14-16-32-78(66)80)74-53-41-62(42-54-74)60-37-49-72(50-38-60)82(69-27-9-3-10-28-69)70-29-11-4-12-30-70/h59-80H,1-58H2. The van der Waals surface area contributed by atoms with E-state index in [1.807, 2.05) is 0 Å². The molecule has 0 aromatic heterocycles. The summed E-state index contributed by atoms with van der Waals surface area (Å²) in [5, 5.41) is 0. The van der Waals surface area contributed by atoms with Crippen LogP contribution in [-0.2, 0) is 0 Å². The van der Waals surface area contributed by atoms with Gasteiger partial charge >= 0.3 is 0 Å². The van der Waals surface area contributed by atoms with Crippen LogP contribution in [0.15, 0.2) is 0 Å². The van der Waals surface area contributed by atoms with Crippen LogP contribution < -0.4 is 0 Å². The molecular weight excluding hydrogens is 1020 g/mol. The van der Waals surface area contributed by atoms with E-state index in [0.717, 1.165) is 132 Å². The molecule has 0 spiro atoms. The second-order valence-electron chi connectivity index (χ2n) is 34.8. The predicted molar refractivity (Wildman–Crippen MR) is 355 cm³/mol. The van der Waals surface area contributed by atoms with E-state index in [1.165, 1.54) is 154 Å². The number of fused-ring (bicyclic) bond motifs is 2. The third-order valence-corrected chi connectivity index (χ3v) is 30.8. The first-order valence-electron chi connectivity index (χ1n) is 40.8. The zero-order chi connectivity index (χ0) is 56.0.